The molecule has 2 heterocycles. The van der Waals surface area contributed by atoms with Gasteiger partial charge in [-0.2, -0.15) is 10.4 Å². The van der Waals surface area contributed by atoms with Gasteiger partial charge in [-0.15, -0.1) is 0 Å². The summed E-state index contributed by atoms with van der Waals surface area (Å²) in [6, 6.07) is 6.09. The zero-order valence-electron chi connectivity index (χ0n) is 12.3. The van der Waals surface area contributed by atoms with Crippen molar-refractivity contribution in [3.63, 3.8) is 0 Å². The van der Waals surface area contributed by atoms with Crippen molar-refractivity contribution in [2.24, 2.45) is 0 Å². The van der Waals surface area contributed by atoms with Gasteiger partial charge in [-0.1, -0.05) is 0 Å². The number of nitrogens with zero attached hydrogens (tertiary/aromatic N) is 4. The Labute approximate surface area is 132 Å². The highest BCUT2D eigenvalue weighted by molar-refractivity contribution is 5.67. The molecule has 8 heteroatoms. The Morgan fingerprint density at radius 3 is 3.13 bits per heavy atom. The molecule has 1 aliphatic heterocycles. The molecule has 1 aromatic carbocycles. The van der Waals surface area contributed by atoms with Gasteiger partial charge in [-0.3, -0.25) is 14.8 Å². The van der Waals surface area contributed by atoms with Gasteiger partial charge in [0.05, 0.1) is 40.7 Å². The molecule has 8 nitrogen and oxygen atoms in total. The van der Waals surface area contributed by atoms with E-state index < -0.39 is 4.92 Å². The van der Waals surface area contributed by atoms with Crippen molar-refractivity contribution in [1.82, 2.24) is 9.78 Å². The second-order valence-electron chi connectivity index (χ2n) is 5.31. The lowest BCUT2D eigenvalue weighted by atomic mass is 10.1. The minimum Gasteiger partial charge on any atom is -0.376 e. The quantitative estimate of drug-likeness (QED) is 0.671. The van der Waals surface area contributed by atoms with Gasteiger partial charge in [0.2, 0.25) is 0 Å². The minimum absolute atomic E-state index is 0.110. The normalized spacial score (nSPS) is 16.9. The highest BCUT2D eigenvalue weighted by Gasteiger charge is 2.16. The lowest BCUT2D eigenvalue weighted by Crippen LogP contribution is -2.15. The van der Waals surface area contributed by atoms with E-state index in [9.17, 15) is 10.1 Å². The van der Waals surface area contributed by atoms with Crippen LogP contribution in [-0.4, -0.2) is 27.4 Å². The summed E-state index contributed by atoms with van der Waals surface area (Å²) < 4.78 is 7.36. The van der Waals surface area contributed by atoms with E-state index in [-0.39, 0.29) is 17.4 Å². The second kappa shape index (κ2) is 6.46. The molecule has 0 amide bonds. The van der Waals surface area contributed by atoms with Crippen LogP contribution in [0, 0.1) is 21.4 Å². The molecule has 1 saturated heterocycles. The van der Waals surface area contributed by atoms with E-state index in [1.54, 1.807) is 10.9 Å². The van der Waals surface area contributed by atoms with Gasteiger partial charge in [-0.05, 0) is 18.9 Å². The number of aromatic nitrogens is 2. The van der Waals surface area contributed by atoms with E-state index in [0.29, 0.717) is 17.9 Å². The van der Waals surface area contributed by atoms with Crippen molar-refractivity contribution >= 4 is 17.1 Å². The Morgan fingerprint density at radius 2 is 2.43 bits per heavy atom. The fourth-order valence-electron chi connectivity index (χ4n) is 2.53. The van der Waals surface area contributed by atoms with Crippen LogP contribution in [0.1, 0.15) is 18.4 Å². The molecule has 0 radical (unpaired) electrons. The Kier molecular flexibility index (Phi) is 4.21. The highest BCUT2D eigenvalue weighted by atomic mass is 16.6. The van der Waals surface area contributed by atoms with Crippen molar-refractivity contribution in [3.8, 4) is 6.07 Å². The lowest BCUT2D eigenvalue weighted by Gasteiger charge is -2.08. The third-order valence-electron chi connectivity index (χ3n) is 3.66. The monoisotopic (exact) mass is 313 g/mol. The highest BCUT2D eigenvalue weighted by Crippen LogP contribution is 2.25. The molecule has 1 fully saturated rings. The Hall–Kier alpha value is -2.92. The van der Waals surface area contributed by atoms with Crippen molar-refractivity contribution in [2.45, 2.75) is 25.5 Å². The number of hydrogen-bond acceptors (Lipinski definition) is 6. The number of nitrogens with one attached hydrogen (secondary N) is 1. The molecule has 1 N–H and O–H groups in total. The molecular formula is C15H15N5O3. The first-order valence-corrected chi connectivity index (χ1v) is 7.25. The Morgan fingerprint density at radius 1 is 1.57 bits per heavy atom. The predicted molar refractivity (Wildman–Crippen MR) is 82.3 cm³/mol. The van der Waals surface area contributed by atoms with Crippen LogP contribution in [0.2, 0.25) is 0 Å². The predicted octanol–water partition coefficient (Wildman–Crippen LogP) is 2.59. The van der Waals surface area contributed by atoms with Crippen LogP contribution >= 0.6 is 0 Å². The lowest BCUT2D eigenvalue weighted by molar-refractivity contribution is -0.384. The summed E-state index contributed by atoms with van der Waals surface area (Å²) in [6.45, 7) is 1.48. The van der Waals surface area contributed by atoms with E-state index in [0.717, 1.165) is 19.4 Å². The summed E-state index contributed by atoms with van der Waals surface area (Å²) in [4.78, 5) is 10.2. The number of hydrogen-bond donors (Lipinski definition) is 1. The second-order valence-corrected chi connectivity index (χ2v) is 5.31. The third kappa shape index (κ3) is 3.46. The number of rotatable bonds is 5. The first kappa shape index (κ1) is 15.0. The largest absolute Gasteiger partial charge is 0.376 e. The first-order chi connectivity index (χ1) is 11.2. The van der Waals surface area contributed by atoms with Crippen LogP contribution in [0.3, 0.4) is 0 Å². The van der Waals surface area contributed by atoms with Crippen LogP contribution in [0.4, 0.5) is 17.1 Å². The molecule has 2 aromatic rings. The number of anilines is 2. The fourth-order valence-corrected chi connectivity index (χ4v) is 2.53. The summed E-state index contributed by atoms with van der Waals surface area (Å²) in [6.07, 6.45) is 5.77. The maximum absolute atomic E-state index is 10.8. The number of nitriles is 1. The van der Waals surface area contributed by atoms with E-state index >= 15 is 0 Å². The van der Waals surface area contributed by atoms with Crippen molar-refractivity contribution in [1.29, 1.82) is 5.26 Å². The molecule has 1 atom stereocenters. The zero-order chi connectivity index (χ0) is 16.2. The van der Waals surface area contributed by atoms with Crippen LogP contribution in [0.15, 0.2) is 30.6 Å². The maximum atomic E-state index is 10.8. The molecule has 3 rings (SSSR count). The number of ether oxygens (including phenoxy) is 1. The number of nitro benzene ring substituents is 1. The van der Waals surface area contributed by atoms with Crippen LogP contribution in [0.25, 0.3) is 0 Å². The average Bonchev–Trinajstić information content (AvgIpc) is 3.20. The zero-order valence-corrected chi connectivity index (χ0v) is 12.3. The van der Waals surface area contributed by atoms with Crippen molar-refractivity contribution in [2.75, 3.05) is 11.9 Å². The molecule has 0 bridgehead atoms. The molecular weight excluding hydrogens is 298 g/mol. The number of nitro groups is 1. The van der Waals surface area contributed by atoms with Gasteiger partial charge in [0.1, 0.15) is 6.07 Å². The summed E-state index contributed by atoms with van der Waals surface area (Å²) >= 11 is 0. The van der Waals surface area contributed by atoms with Gasteiger partial charge in [0.15, 0.2) is 0 Å². The van der Waals surface area contributed by atoms with Gasteiger partial charge in [-0.25, -0.2) is 0 Å². The average molecular weight is 313 g/mol. The smallest absolute Gasteiger partial charge is 0.270 e. The van der Waals surface area contributed by atoms with Gasteiger partial charge < -0.3 is 10.1 Å². The van der Waals surface area contributed by atoms with Crippen LogP contribution < -0.4 is 5.32 Å². The van der Waals surface area contributed by atoms with E-state index in [1.807, 2.05) is 12.3 Å². The van der Waals surface area contributed by atoms with E-state index in [2.05, 4.69) is 10.4 Å². The van der Waals surface area contributed by atoms with Gasteiger partial charge in [0, 0.05) is 24.9 Å². The van der Waals surface area contributed by atoms with Crippen LogP contribution in [0.5, 0.6) is 0 Å². The van der Waals surface area contributed by atoms with Crippen molar-refractivity contribution in [3.05, 3.63) is 46.3 Å². The molecule has 118 valence electrons. The SMILES string of the molecule is N#Cc1cc([N+](=O)[O-])ccc1Nc1cnn(C[C@@H]2CCCO2)c1. The van der Waals surface area contributed by atoms with Gasteiger partial charge >= 0.3 is 0 Å². The third-order valence-corrected chi connectivity index (χ3v) is 3.66. The summed E-state index contributed by atoms with van der Waals surface area (Å²) in [7, 11) is 0. The maximum Gasteiger partial charge on any atom is 0.270 e. The van der Waals surface area contributed by atoms with Gasteiger partial charge in [0.25, 0.3) is 5.69 Å². The molecule has 1 aliphatic rings. The molecule has 1 aromatic heterocycles. The summed E-state index contributed by atoms with van der Waals surface area (Å²) in [5.74, 6) is 0. The summed E-state index contributed by atoms with van der Waals surface area (Å²) in [5, 5.41) is 27.2. The standard InChI is InChI=1S/C15H15N5O3/c16-7-11-6-13(20(21)22)3-4-15(11)18-12-8-17-19(9-12)10-14-2-1-5-23-14/h3-4,6,8-9,14,18H,1-2,5,10H2/t14-/m0/s1. The van der Waals surface area contributed by atoms with Crippen LogP contribution in [-0.2, 0) is 11.3 Å². The first-order valence-electron chi connectivity index (χ1n) is 7.25. The Balaban J connectivity index is 1.73. The molecule has 0 saturated carbocycles. The van der Waals surface area contributed by atoms with E-state index in [1.165, 1.54) is 18.2 Å². The number of benzene rings is 1. The van der Waals surface area contributed by atoms with E-state index in [4.69, 9.17) is 10.00 Å². The Bertz CT molecular complexity index is 759. The molecule has 0 unspecified atom stereocenters. The summed E-state index contributed by atoms with van der Waals surface area (Å²) in [5.41, 5.74) is 1.33. The number of non-ortho nitro benzene ring substituents is 1. The van der Waals surface area contributed by atoms with Crippen molar-refractivity contribution < 1.29 is 9.66 Å². The topological polar surface area (TPSA) is 106 Å². The molecule has 23 heavy (non-hydrogen) atoms. The fraction of sp³-hybridized carbons (Fsp3) is 0.333. The molecule has 0 aliphatic carbocycles. The molecule has 0 spiro atoms. The minimum atomic E-state index is -0.524.